The molecule has 25 heavy (non-hydrogen) atoms. The van der Waals surface area contributed by atoms with Crippen molar-refractivity contribution in [3.8, 4) is 22.6 Å². The second-order valence-corrected chi connectivity index (χ2v) is 6.39. The van der Waals surface area contributed by atoms with Crippen LogP contribution in [0, 0.1) is 6.92 Å². The van der Waals surface area contributed by atoms with Gasteiger partial charge in [0.2, 0.25) is 0 Å². The predicted molar refractivity (Wildman–Crippen MR) is 102 cm³/mol. The lowest BCUT2D eigenvalue weighted by Gasteiger charge is -2.11. The van der Waals surface area contributed by atoms with E-state index < -0.39 is 5.97 Å². The van der Waals surface area contributed by atoms with Crippen LogP contribution < -0.4 is 9.47 Å². The third kappa shape index (κ3) is 4.48. The van der Waals surface area contributed by atoms with Gasteiger partial charge < -0.3 is 9.47 Å². The quantitative estimate of drug-likeness (QED) is 0.427. The van der Waals surface area contributed by atoms with E-state index in [2.05, 4.69) is 15.9 Å². The fourth-order valence-electron chi connectivity index (χ4n) is 2.41. The lowest BCUT2D eigenvalue weighted by Crippen LogP contribution is -2.18. The van der Waals surface area contributed by atoms with Crippen LogP contribution in [0.2, 0.25) is 0 Å². The predicted octanol–water partition coefficient (Wildman–Crippen LogP) is 5.41. The SMILES string of the molecule is Cc1cc(OCC(=O)Oc2ccccc2-c2ccccc2)ccc1Br. The van der Waals surface area contributed by atoms with Crippen LogP contribution in [0.4, 0.5) is 0 Å². The average molecular weight is 397 g/mol. The van der Waals surface area contributed by atoms with Gasteiger partial charge in [0.15, 0.2) is 6.61 Å². The van der Waals surface area contributed by atoms with E-state index in [1.165, 1.54) is 0 Å². The number of hydrogen-bond acceptors (Lipinski definition) is 3. The Balaban J connectivity index is 1.68. The van der Waals surface area contributed by atoms with E-state index in [1.54, 1.807) is 6.07 Å². The van der Waals surface area contributed by atoms with E-state index in [0.717, 1.165) is 21.2 Å². The summed E-state index contributed by atoms with van der Waals surface area (Å²) in [6.07, 6.45) is 0. The maximum absolute atomic E-state index is 12.2. The Morgan fingerprint density at radius 3 is 2.44 bits per heavy atom. The van der Waals surface area contributed by atoms with Crippen LogP contribution >= 0.6 is 15.9 Å². The van der Waals surface area contributed by atoms with Crippen molar-refractivity contribution in [2.45, 2.75) is 6.92 Å². The normalized spacial score (nSPS) is 10.3. The summed E-state index contributed by atoms with van der Waals surface area (Å²) in [5, 5.41) is 0. The fourth-order valence-corrected chi connectivity index (χ4v) is 2.66. The largest absolute Gasteiger partial charge is 0.482 e. The van der Waals surface area contributed by atoms with Crippen LogP contribution in [0.25, 0.3) is 11.1 Å². The minimum Gasteiger partial charge on any atom is -0.482 e. The van der Waals surface area contributed by atoms with E-state index in [-0.39, 0.29) is 6.61 Å². The Hall–Kier alpha value is -2.59. The molecule has 0 atom stereocenters. The van der Waals surface area contributed by atoms with Gasteiger partial charge in [-0.25, -0.2) is 4.79 Å². The van der Waals surface area contributed by atoms with E-state index in [9.17, 15) is 4.79 Å². The lowest BCUT2D eigenvalue weighted by atomic mass is 10.1. The second-order valence-electron chi connectivity index (χ2n) is 5.54. The number of carbonyl (C=O) groups excluding carboxylic acids is 1. The molecule has 0 saturated carbocycles. The van der Waals surface area contributed by atoms with Crippen LogP contribution in [0.1, 0.15) is 5.56 Å². The van der Waals surface area contributed by atoms with Crippen molar-refractivity contribution in [3.63, 3.8) is 0 Å². The first-order valence-electron chi connectivity index (χ1n) is 7.87. The van der Waals surface area contributed by atoms with Crippen LogP contribution in [0.15, 0.2) is 77.3 Å². The third-order valence-corrected chi connectivity index (χ3v) is 4.57. The Morgan fingerprint density at radius 1 is 0.960 bits per heavy atom. The van der Waals surface area contributed by atoms with Crippen molar-refractivity contribution in [3.05, 3.63) is 82.8 Å². The zero-order valence-electron chi connectivity index (χ0n) is 13.7. The topological polar surface area (TPSA) is 35.5 Å². The lowest BCUT2D eigenvalue weighted by molar-refractivity contribution is -0.136. The number of rotatable bonds is 5. The third-order valence-electron chi connectivity index (χ3n) is 3.68. The monoisotopic (exact) mass is 396 g/mol. The molecule has 0 radical (unpaired) electrons. The average Bonchev–Trinajstić information content (AvgIpc) is 2.64. The van der Waals surface area contributed by atoms with Crippen molar-refractivity contribution in [1.29, 1.82) is 0 Å². The van der Waals surface area contributed by atoms with E-state index in [0.29, 0.717) is 11.5 Å². The van der Waals surface area contributed by atoms with Crippen molar-refractivity contribution in [2.24, 2.45) is 0 Å². The summed E-state index contributed by atoms with van der Waals surface area (Å²) in [5.41, 5.74) is 2.91. The molecule has 0 fully saturated rings. The Labute approximate surface area is 155 Å². The highest BCUT2D eigenvalue weighted by atomic mass is 79.9. The minimum absolute atomic E-state index is 0.149. The molecule has 0 saturated heterocycles. The molecule has 0 N–H and O–H groups in total. The highest BCUT2D eigenvalue weighted by molar-refractivity contribution is 9.10. The van der Waals surface area contributed by atoms with Gasteiger partial charge in [-0.15, -0.1) is 0 Å². The summed E-state index contributed by atoms with van der Waals surface area (Å²) in [6.45, 7) is 1.82. The highest BCUT2D eigenvalue weighted by Crippen LogP contribution is 2.29. The molecule has 0 heterocycles. The Kier molecular flexibility index (Phi) is 5.51. The molecule has 0 aliphatic carbocycles. The zero-order chi connectivity index (χ0) is 17.6. The molecule has 3 aromatic rings. The van der Waals surface area contributed by atoms with Gasteiger partial charge >= 0.3 is 5.97 Å². The molecule has 126 valence electrons. The number of carbonyl (C=O) groups is 1. The van der Waals surface area contributed by atoms with E-state index >= 15 is 0 Å². The summed E-state index contributed by atoms with van der Waals surface area (Å²) in [5.74, 6) is 0.715. The maximum Gasteiger partial charge on any atom is 0.349 e. The van der Waals surface area contributed by atoms with Gasteiger partial charge in [-0.3, -0.25) is 0 Å². The van der Waals surface area contributed by atoms with Gasteiger partial charge in [-0.1, -0.05) is 64.5 Å². The van der Waals surface area contributed by atoms with Crippen LogP contribution in [-0.4, -0.2) is 12.6 Å². The fraction of sp³-hybridized carbons (Fsp3) is 0.0952. The number of benzene rings is 3. The first-order valence-corrected chi connectivity index (χ1v) is 8.67. The zero-order valence-corrected chi connectivity index (χ0v) is 15.3. The van der Waals surface area contributed by atoms with Gasteiger partial charge in [0.05, 0.1) is 0 Å². The van der Waals surface area contributed by atoms with Gasteiger partial charge in [0, 0.05) is 10.0 Å². The molecule has 0 unspecified atom stereocenters. The van der Waals surface area contributed by atoms with Crippen LogP contribution in [0.5, 0.6) is 11.5 Å². The molecular weight excluding hydrogens is 380 g/mol. The molecule has 3 nitrogen and oxygen atoms in total. The second kappa shape index (κ2) is 7.99. The number of esters is 1. The molecule has 4 heteroatoms. The summed E-state index contributed by atoms with van der Waals surface area (Å²) in [6, 6.07) is 22.8. The van der Waals surface area contributed by atoms with Crippen molar-refractivity contribution >= 4 is 21.9 Å². The molecule has 0 aliphatic heterocycles. The van der Waals surface area contributed by atoms with Gasteiger partial charge in [0.25, 0.3) is 0 Å². The first-order chi connectivity index (χ1) is 12.1. The molecule has 3 rings (SSSR count). The smallest absolute Gasteiger partial charge is 0.349 e. The number of aryl methyl sites for hydroxylation is 1. The molecule has 0 aromatic heterocycles. The number of hydrogen-bond donors (Lipinski definition) is 0. The van der Waals surface area contributed by atoms with Gasteiger partial charge in [-0.05, 0) is 42.3 Å². The first kappa shape index (κ1) is 17.2. The van der Waals surface area contributed by atoms with E-state index in [4.69, 9.17) is 9.47 Å². The van der Waals surface area contributed by atoms with E-state index in [1.807, 2.05) is 73.7 Å². The summed E-state index contributed by atoms with van der Waals surface area (Å²) in [4.78, 5) is 12.2. The van der Waals surface area contributed by atoms with Crippen molar-refractivity contribution in [2.75, 3.05) is 6.61 Å². The minimum atomic E-state index is -0.441. The maximum atomic E-state index is 12.2. The summed E-state index contributed by atoms with van der Waals surface area (Å²) in [7, 11) is 0. The Morgan fingerprint density at radius 2 is 1.68 bits per heavy atom. The van der Waals surface area contributed by atoms with Crippen LogP contribution in [0.3, 0.4) is 0 Å². The molecular formula is C21H17BrO3. The molecule has 0 amide bonds. The molecule has 0 spiro atoms. The molecule has 3 aromatic carbocycles. The molecule has 0 aliphatic rings. The highest BCUT2D eigenvalue weighted by Gasteiger charge is 2.11. The molecule has 0 bridgehead atoms. The van der Waals surface area contributed by atoms with Crippen LogP contribution in [-0.2, 0) is 4.79 Å². The number of halogens is 1. The van der Waals surface area contributed by atoms with Crippen molar-refractivity contribution < 1.29 is 14.3 Å². The summed E-state index contributed by atoms with van der Waals surface area (Å²) < 4.78 is 12.0. The standard InChI is InChI=1S/C21H17BrO3/c1-15-13-17(11-12-19(15)22)24-14-21(23)25-20-10-6-5-9-18(20)16-7-3-2-4-8-16/h2-13H,14H2,1H3. The summed E-state index contributed by atoms with van der Waals surface area (Å²) >= 11 is 3.44. The van der Waals surface area contributed by atoms with Gasteiger partial charge in [0.1, 0.15) is 11.5 Å². The number of ether oxygens (including phenoxy) is 2. The van der Waals surface area contributed by atoms with Gasteiger partial charge in [-0.2, -0.15) is 0 Å². The Bertz CT molecular complexity index is 875. The number of para-hydroxylation sites is 1. The van der Waals surface area contributed by atoms with Crippen molar-refractivity contribution in [1.82, 2.24) is 0 Å².